The molecule has 1 saturated heterocycles. The van der Waals surface area contributed by atoms with Gasteiger partial charge in [-0.25, -0.2) is 4.79 Å². The Balaban J connectivity index is 1.88. The second kappa shape index (κ2) is 6.93. The van der Waals surface area contributed by atoms with E-state index in [9.17, 15) is 9.59 Å². The average molecular weight is 275 g/mol. The predicted octanol–water partition coefficient (Wildman–Crippen LogP) is 2.74. The van der Waals surface area contributed by atoms with Crippen molar-refractivity contribution in [1.82, 2.24) is 5.32 Å². The molecule has 0 atom stereocenters. The van der Waals surface area contributed by atoms with Gasteiger partial charge in [0.1, 0.15) is 0 Å². The van der Waals surface area contributed by atoms with Gasteiger partial charge in [0, 0.05) is 30.9 Å². The highest BCUT2D eigenvalue weighted by molar-refractivity contribution is 5.95. The van der Waals surface area contributed by atoms with Gasteiger partial charge < -0.3 is 10.6 Å². The highest BCUT2D eigenvalue weighted by atomic mass is 16.2. The number of carbonyl (C=O) groups excluding carboxylic acids is 2. The number of nitrogens with zero attached hydrogens (tertiary/aromatic N) is 1. The van der Waals surface area contributed by atoms with Crippen LogP contribution >= 0.6 is 0 Å². The highest BCUT2D eigenvalue weighted by Crippen LogP contribution is 2.19. The Hall–Kier alpha value is -2.04. The van der Waals surface area contributed by atoms with Crippen molar-refractivity contribution in [2.45, 2.75) is 32.6 Å². The van der Waals surface area contributed by atoms with Crippen molar-refractivity contribution >= 4 is 23.3 Å². The van der Waals surface area contributed by atoms with Crippen molar-refractivity contribution in [3.8, 4) is 0 Å². The van der Waals surface area contributed by atoms with Gasteiger partial charge in [0.25, 0.3) is 0 Å². The molecule has 0 bridgehead atoms. The van der Waals surface area contributed by atoms with E-state index in [1.54, 1.807) is 4.90 Å². The molecule has 1 aliphatic heterocycles. The fourth-order valence-corrected chi connectivity index (χ4v) is 2.20. The first-order chi connectivity index (χ1) is 9.70. The largest absolute Gasteiger partial charge is 0.336 e. The van der Waals surface area contributed by atoms with E-state index < -0.39 is 0 Å². The number of benzene rings is 1. The third-order valence-electron chi connectivity index (χ3n) is 3.33. The minimum atomic E-state index is -0.0682. The number of rotatable bonds is 6. The summed E-state index contributed by atoms with van der Waals surface area (Å²) in [6.07, 6.45) is 3.68. The number of hydrogen-bond donors (Lipinski definition) is 2. The van der Waals surface area contributed by atoms with Crippen LogP contribution in [0.15, 0.2) is 24.3 Å². The van der Waals surface area contributed by atoms with Crippen LogP contribution in [0.2, 0.25) is 0 Å². The van der Waals surface area contributed by atoms with Gasteiger partial charge in [0.15, 0.2) is 0 Å². The zero-order valence-electron chi connectivity index (χ0n) is 11.8. The summed E-state index contributed by atoms with van der Waals surface area (Å²) in [6, 6.07) is 7.30. The molecule has 0 saturated carbocycles. The quantitative estimate of drug-likeness (QED) is 0.784. The second-order valence-corrected chi connectivity index (χ2v) is 4.94. The molecule has 1 aromatic rings. The van der Waals surface area contributed by atoms with Crippen molar-refractivity contribution in [3.05, 3.63) is 24.3 Å². The topological polar surface area (TPSA) is 61.4 Å². The summed E-state index contributed by atoms with van der Waals surface area (Å²) in [5.41, 5.74) is 1.62. The fourth-order valence-electron chi connectivity index (χ4n) is 2.20. The lowest BCUT2D eigenvalue weighted by Crippen LogP contribution is -2.27. The molecule has 1 aromatic carbocycles. The summed E-state index contributed by atoms with van der Waals surface area (Å²) in [4.78, 5) is 24.9. The lowest BCUT2D eigenvalue weighted by molar-refractivity contribution is -0.116. The molecule has 108 valence electrons. The van der Waals surface area contributed by atoms with Crippen molar-refractivity contribution in [2.75, 3.05) is 23.3 Å². The lowest BCUT2D eigenvalue weighted by Gasteiger charge is -2.14. The monoisotopic (exact) mass is 275 g/mol. The first-order valence-corrected chi connectivity index (χ1v) is 7.16. The van der Waals surface area contributed by atoms with Crippen LogP contribution in [0.1, 0.15) is 32.6 Å². The molecule has 0 aromatic heterocycles. The van der Waals surface area contributed by atoms with E-state index >= 15 is 0 Å². The van der Waals surface area contributed by atoms with E-state index in [1.807, 2.05) is 24.3 Å². The Morgan fingerprint density at radius 1 is 1.30 bits per heavy atom. The van der Waals surface area contributed by atoms with E-state index in [4.69, 9.17) is 0 Å². The summed E-state index contributed by atoms with van der Waals surface area (Å²) in [5, 5.41) is 5.63. The van der Waals surface area contributed by atoms with Crippen LogP contribution in [-0.2, 0) is 4.79 Å². The maximum absolute atomic E-state index is 11.7. The number of urea groups is 1. The number of carbonyl (C=O) groups is 2. The average Bonchev–Trinajstić information content (AvgIpc) is 2.86. The van der Waals surface area contributed by atoms with Crippen molar-refractivity contribution in [3.63, 3.8) is 0 Å². The van der Waals surface area contributed by atoms with E-state index in [-0.39, 0.29) is 11.9 Å². The van der Waals surface area contributed by atoms with Gasteiger partial charge in [0.2, 0.25) is 5.91 Å². The van der Waals surface area contributed by atoms with Crippen LogP contribution in [0.25, 0.3) is 0 Å². The summed E-state index contributed by atoms with van der Waals surface area (Å²) in [6.45, 7) is 3.47. The van der Waals surface area contributed by atoms with E-state index in [0.717, 1.165) is 30.6 Å². The van der Waals surface area contributed by atoms with Gasteiger partial charge in [-0.2, -0.15) is 0 Å². The molecule has 20 heavy (non-hydrogen) atoms. The number of unbranched alkanes of at least 4 members (excludes halogenated alkanes) is 2. The smallest absolute Gasteiger partial charge is 0.321 e. The molecule has 2 rings (SSSR count). The molecule has 5 nitrogen and oxygen atoms in total. The first kappa shape index (κ1) is 14.4. The Labute approximate surface area is 119 Å². The summed E-state index contributed by atoms with van der Waals surface area (Å²) in [5.74, 6) is 0.0464. The third kappa shape index (κ3) is 3.73. The van der Waals surface area contributed by atoms with E-state index in [0.29, 0.717) is 19.5 Å². The molecule has 0 spiro atoms. The second-order valence-electron chi connectivity index (χ2n) is 4.94. The van der Waals surface area contributed by atoms with E-state index in [2.05, 4.69) is 17.6 Å². The van der Waals surface area contributed by atoms with Crippen LogP contribution in [0.4, 0.5) is 16.2 Å². The number of hydrogen-bond acceptors (Lipinski definition) is 2. The normalized spacial score (nSPS) is 14.2. The van der Waals surface area contributed by atoms with Crippen molar-refractivity contribution in [1.29, 1.82) is 0 Å². The van der Waals surface area contributed by atoms with Gasteiger partial charge in [0.05, 0.1) is 0 Å². The molecule has 3 amide bonds. The van der Waals surface area contributed by atoms with Gasteiger partial charge in [-0.15, -0.1) is 0 Å². The molecule has 0 unspecified atom stereocenters. The van der Waals surface area contributed by atoms with Crippen molar-refractivity contribution < 1.29 is 9.59 Å². The zero-order chi connectivity index (χ0) is 14.4. The molecule has 2 N–H and O–H groups in total. The van der Waals surface area contributed by atoms with Crippen LogP contribution in [0, 0.1) is 0 Å². The molecule has 5 heteroatoms. The molecular formula is C15H21N3O2. The van der Waals surface area contributed by atoms with Crippen LogP contribution in [0.3, 0.4) is 0 Å². The Morgan fingerprint density at radius 3 is 2.65 bits per heavy atom. The van der Waals surface area contributed by atoms with Gasteiger partial charge >= 0.3 is 6.03 Å². The van der Waals surface area contributed by atoms with Crippen LogP contribution < -0.4 is 15.5 Å². The molecular weight excluding hydrogens is 254 g/mol. The SMILES string of the molecule is CCCCCC(=O)Nc1ccc(N2CCNC2=O)cc1. The lowest BCUT2D eigenvalue weighted by atomic mass is 10.2. The zero-order valence-corrected chi connectivity index (χ0v) is 11.8. The molecule has 1 fully saturated rings. The van der Waals surface area contributed by atoms with Gasteiger partial charge in [-0.1, -0.05) is 19.8 Å². The first-order valence-electron chi connectivity index (χ1n) is 7.16. The Morgan fingerprint density at radius 2 is 2.05 bits per heavy atom. The Bertz CT molecular complexity index is 471. The molecule has 0 aliphatic carbocycles. The third-order valence-corrected chi connectivity index (χ3v) is 3.33. The summed E-state index contributed by atoms with van der Waals surface area (Å²) < 4.78 is 0. The minimum absolute atomic E-state index is 0.0464. The molecule has 1 aliphatic rings. The maximum Gasteiger partial charge on any atom is 0.321 e. The summed E-state index contributed by atoms with van der Waals surface area (Å²) in [7, 11) is 0. The standard InChI is InChI=1S/C15H21N3O2/c1-2-3-4-5-14(19)17-12-6-8-13(9-7-12)18-11-10-16-15(18)20/h6-9H,2-5,10-11H2,1H3,(H,16,20)(H,17,19). The van der Waals surface area contributed by atoms with Gasteiger partial charge in [-0.05, 0) is 30.7 Å². The van der Waals surface area contributed by atoms with Gasteiger partial charge in [-0.3, -0.25) is 9.69 Å². The van der Waals surface area contributed by atoms with Crippen molar-refractivity contribution in [2.24, 2.45) is 0 Å². The number of nitrogens with one attached hydrogen (secondary N) is 2. The molecule has 1 heterocycles. The summed E-state index contributed by atoms with van der Waals surface area (Å²) >= 11 is 0. The Kier molecular flexibility index (Phi) is 4.98. The van der Waals surface area contributed by atoms with E-state index in [1.165, 1.54) is 0 Å². The number of amides is 3. The van der Waals surface area contributed by atoms with Crippen LogP contribution in [0.5, 0.6) is 0 Å². The highest BCUT2D eigenvalue weighted by Gasteiger charge is 2.20. The van der Waals surface area contributed by atoms with Crippen LogP contribution in [-0.4, -0.2) is 25.0 Å². The maximum atomic E-state index is 11.7. The minimum Gasteiger partial charge on any atom is -0.336 e. The number of anilines is 2. The fraction of sp³-hybridized carbons (Fsp3) is 0.467. The predicted molar refractivity (Wildman–Crippen MR) is 80.0 cm³/mol. The molecule has 0 radical (unpaired) electrons.